The number of carboxylic acids is 1. The normalized spacial score (nSPS) is 10.5. The van der Waals surface area contributed by atoms with Crippen LogP contribution in [0.3, 0.4) is 0 Å². The SMILES string of the molecule is O=C(O)c1c(-c2cc(Cl)ccc2F)[nH][nH]c1=O. The average molecular weight is 257 g/mol. The summed E-state index contributed by atoms with van der Waals surface area (Å²) in [6.07, 6.45) is 0. The van der Waals surface area contributed by atoms with E-state index in [1.54, 1.807) is 0 Å². The van der Waals surface area contributed by atoms with Gasteiger partial charge < -0.3 is 5.11 Å². The Morgan fingerprint density at radius 2 is 2.06 bits per heavy atom. The molecule has 0 unspecified atom stereocenters. The molecule has 0 spiro atoms. The number of H-pyrrole nitrogens is 2. The van der Waals surface area contributed by atoms with Gasteiger partial charge in [-0.2, -0.15) is 0 Å². The van der Waals surface area contributed by atoms with E-state index in [-0.39, 0.29) is 16.3 Å². The third-order valence-electron chi connectivity index (χ3n) is 2.19. The van der Waals surface area contributed by atoms with Gasteiger partial charge in [0.15, 0.2) is 5.56 Å². The Morgan fingerprint density at radius 3 is 2.71 bits per heavy atom. The largest absolute Gasteiger partial charge is 0.477 e. The number of benzene rings is 1. The van der Waals surface area contributed by atoms with Crippen molar-refractivity contribution in [1.82, 2.24) is 10.2 Å². The number of carbonyl (C=O) groups is 1. The maximum Gasteiger partial charge on any atom is 0.343 e. The van der Waals surface area contributed by atoms with E-state index in [1.807, 2.05) is 0 Å². The molecule has 17 heavy (non-hydrogen) atoms. The van der Waals surface area contributed by atoms with Crippen molar-refractivity contribution >= 4 is 17.6 Å². The summed E-state index contributed by atoms with van der Waals surface area (Å²) in [7, 11) is 0. The van der Waals surface area contributed by atoms with Crippen molar-refractivity contribution in [2.24, 2.45) is 0 Å². The highest BCUT2D eigenvalue weighted by Gasteiger charge is 2.20. The highest BCUT2D eigenvalue weighted by atomic mass is 35.5. The third-order valence-corrected chi connectivity index (χ3v) is 2.42. The van der Waals surface area contributed by atoms with Gasteiger partial charge >= 0.3 is 5.97 Å². The van der Waals surface area contributed by atoms with Crippen LogP contribution in [0.15, 0.2) is 23.0 Å². The molecule has 0 saturated heterocycles. The molecule has 88 valence electrons. The number of nitrogens with one attached hydrogen (secondary N) is 2. The quantitative estimate of drug-likeness (QED) is 0.766. The first-order valence-electron chi connectivity index (χ1n) is 4.50. The van der Waals surface area contributed by atoms with Crippen LogP contribution in [0.1, 0.15) is 10.4 Å². The Morgan fingerprint density at radius 1 is 1.35 bits per heavy atom. The second kappa shape index (κ2) is 4.06. The number of carboxylic acid groups (broad SMARTS) is 1. The second-order valence-corrected chi connectivity index (χ2v) is 3.69. The number of aromatic amines is 2. The molecule has 0 fully saturated rings. The highest BCUT2D eigenvalue weighted by Crippen LogP contribution is 2.25. The summed E-state index contributed by atoms with van der Waals surface area (Å²) in [5.74, 6) is -2.12. The summed E-state index contributed by atoms with van der Waals surface area (Å²) in [6, 6.07) is 3.66. The van der Waals surface area contributed by atoms with E-state index >= 15 is 0 Å². The predicted molar refractivity (Wildman–Crippen MR) is 58.8 cm³/mol. The van der Waals surface area contributed by atoms with Crippen molar-refractivity contribution in [1.29, 1.82) is 0 Å². The fraction of sp³-hybridized carbons (Fsp3) is 0. The summed E-state index contributed by atoms with van der Waals surface area (Å²) in [4.78, 5) is 22.1. The smallest absolute Gasteiger partial charge is 0.343 e. The number of rotatable bonds is 2. The van der Waals surface area contributed by atoms with Crippen molar-refractivity contribution in [2.75, 3.05) is 0 Å². The molecule has 0 aliphatic carbocycles. The van der Waals surface area contributed by atoms with Crippen LogP contribution in [0.25, 0.3) is 11.3 Å². The van der Waals surface area contributed by atoms with E-state index in [1.165, 1.54) is 12.1 Å². The highest BCUT2D eigenvalue weighted by molar-refractivity contribution is 6.30. The molecule has 0 saturated carbocycles. The predicted octanol–water partition coefficient (Wildman–Crippen LogP) is 1.86. The molecule has 5 nitrogen and oxygen atoms in total. The van der Waals surface area contributed by atoms with Crippen LogP contribution in [0.2, 0.25) is 5.02 Å². The molecule has 0 atom stereocenters. The topological polar surface area (TPSA) is 85.9 Å². The number of hydrogen-bond donors (Lipinski definition) is 3. The van der Waals surface area contributed by atoms with Gasteiger partial charge in [0, 0.05) is 10.6 Å². The van der Waals surface area contributed by atoms with Gasteiger partial charge in [-0.3, -0.25) is 15.0 Å². The summed E-state index contributed by atoms with van der Waals surface area (Å²) >= 11 is 5.69. The summed E-state index contributed by atoms with van der Waals surface area (Å²) in [5.41, 5.74) is -1.59. The van der Waals surface area contributed by atoms with E-state index in [0.717, 1.165) is 6.07 Å². The lowest BCUT2D eigenvalue weighted by atomic mass is 10.1. The number of hydrogen-bond acceptors (Lipinski definition) is 2. The molecule has 0 aliphatic rings. The first-order valence-corrected chi connectivity index (χ1v) is 4.88. The van der Waals surface area contributed by atoms with Crippen molar-refractivity contribution < 1.29 is 14.3 Å². The molecule has 0 aliphatic heterocycles. The minimum Gasteiger partial charge on any atom is -0.477 e. The lowest BCUT2D eigenvalue weighted by Gasteiger charge is -2.02. The van der Waals surface area contributed by atoms with Crippen LogP contribution in [0.5, 0.6) is 0 Å². The molecule has 0 radical (unpaired) electrons. The lowest BCUT2D eigenvalue weighted by molar-refractivity contribution is 0.0696. The van der Waals surface area contributed by atoms with E-state index in [9.17, 15) is 14.0 Å². The molecular formula is C10H6ClFN2O3. The molecule has 2 aromatic rings. The second-order valence-electron chi connectivity index (χ2n) is 3.26. The standard InChI is InChI=1S/C10H6ClFN2O3/c11-4-1-2-6(12)5(3-4)8-7(10(16)17)9(15)14-13-8/h1-3H,(H,16,17)(H2,13,14,15). The first-order chi connectivity index (χ1) is 8.00. The van der Waals surface area contributed by atoms with E-state index < -0.39 is 22.9 Å². The van der Waals surface area contributed by atoms with Crippen LogP contribution >= 0.6 is 11.6 Å². The van der Waals surface area contributed by atoms with Gasteiger partial charge in [0.05, 0.1) is 5.69 Å². The van der Waals surface area contributed by atoms with Gasteiger partial charge in [-0.15, -0.1) is 0 Å². The van der Waals surface area contributed by atoms with Crippen LogP contribution in [-0.4, -0.2) is 21.3 Å². The fourth-order valence-corrected chi connectivity index (χ4v) is 1.63. The number of halogens is 2. The van der Waals surface area contributed by atoms with Gasteiger partial charge in [0.25, 0.3) is 5.56 Å². The van der Waals surface area contributed by atoms with Gasteiger partial charge in [-0.05, 0) is 18.2 Å². The summed E-state index contributed by atoms with van der Waals surface area (Å²) in [6.45, 7) is 0. The van der Waals surface area contributed by atoms with Crippen LogP contribution in [0.4, 0.5) is 4.39 Å². The van der Waals surface area contributed by atoms with Gasteiger partial charge in [-0.1, -0.05) is 11.6 Å². The summed E-state index contributed by atoms with van der Waals surface area (Å²) < 4.78 is 13.5. The van der Waals surface area contributed by atoms with Crippen LogP contribution in [-0.2, 0) is 0 Å². The zero-order chi connectivity index (χ0) is 12.6. The number of aromatic carboxylic acids is 1. The minimum atomic E-state index is -1.44. The van der Waals surface area contributed by atoms with Gasteiger partial charge in [0.2, 0.25) is 0 Å². The van der Waals surface area contributed by atoms with Crippen LogP contribution < -0.4 is 5.56 Å². The van der Waals surface area contributed by atoms with Crippen molar-refractivity contribution in [3.63, 3.8) is 0 Å². The maximum absolute atomic E-state index is 13.5. The minimum absolute atomic E-state index is 0.0757. The van der Waals surface area contributed by atoms with E-state index in [2.05, 4.69) is 10.2 Å². The molecular weight excluding hydrogens is 251 g/mol. The van der Waals surface area contributed by atoms with E-state index in [0.29, 0.717) is 0 Å². The maximum atomic E-state index is 13.5. The van der Waals surface area contributed by atoms with Crippen LogP contribution in [0, 0.1) is 5.82 Å². The van der Waals surface area contributed by atoms with Gasteiger partial charge in [-0.25, -0.2) is 9.18 Å². The molecule has 0 amide bonds. The molecule has 0 bridgehead atoms. The molecule has 2 rings (SSSR count). The Balaban J connectivity index is 2.73. The molecule has 1 heterocycles. The van der Waals surface area contributed by atoms with Crippen molar-refractivity contribution in [3.8, 4) is 11.3 Å². The van der Waals surface area contributed by atoms with Crippen molar-refractivity contribution in [2.45, 2.75) is 0 Å². The lowest BCUT2D eigenvalue weighted by Crippen LogP contribution is -2.12. The average Bonchev–Trinajstić information content (AvgIpc) is 2.64. The number of aromatic nitrogens is 2. The van der Waals surface area contributed by atoms with Gasteiger partial charge in [0.1, 0.15) is 5.82 Å². The Kier molecular flexibility index (Phi) is 2.72. The Labute approximate surface area is 98.8 Å². The Bertz CT molecular complexity index is 647. The molecule has 1 aromatic heterocycles. The monoisotopic (exact) mass is 256 g/mol. The first kappa shape index (κ1) is 11.4. The Hall–Kier alpha value is -2.08. The zero-order valence-electron chi connectivity index (χ0n) is 8.25. The fourth-order valence-electron chi connectivity index (χ4n) is 1.45. The van der Waals surface area contributed by atoms with Crippen molar-refractivity contribution in [3.05, 3.63) is 45.0 Å². The molecule has 7 heteroatoms. The zero-order valence-corrected chi connectivity index (χ0v) is 9.01. The van der Waals surface area contributed by atoms with E-state index in [4.69, 9.17) is 16.7 Å². The molecule has 3 N–H and O–H groups in total. The summed E-state index contributed by atoms with van der Waals surface area (Å²) in [5, 5.41) is 13.5. The third kappa shape index (κ3) is 1.94. The molecule has 1 aromatic carbocycles.